The molecule has 0 unspecified atom stereocenters. The van der Waals surface area contributed by atoms with Gasteiger partial charge in [-0.2, -0.15) is 0 Å². The fourth-order valence-electron chi connectivity index (χ4n) is 3.68. The Labute approximate surface area is 193 Å². The molecule has 0 atom stereocenters. The molecule has 4 rings (SSSR count). The third-order valence-corrected chi connectivity index (χ3v) is 5.47. The zero-order valence-corrected chi connectivity index (χ0v) is 18.5. The summed E-state index contributed by atoms with van der Waals surface area (Å²) >= 11 is 0. The molecular weight excluding hydrogens is 416 g/mol. The van der Waals surface area contributed by atoms with Crippen LogP contribution >= 0.6 is 0 Å². The van der Waals surface area contributed by atoms with Crippen molar-refractivity contribution in [3.05, 3.63) is 89.5 Å². The predicted octanol–water partition coefficient (Wildman–Crippen LogP) is 4.63. The molecule has 0 fully saturated rings. The molecule has 0 spiro atoms. The average molecular weight is 445 g/mol. The van der Waals surface area contributed by atoms with Crippen LogP contribution in [0.1, 0.15) is 36.0 Å². The van der Waals surface area contributed by atoms with Gasteiger partial charge in [-0.05, 0) is 48.2 Å². The van der Waals surface area contributed by atoms with Gasteiger partial charge < -0.3 is 20.1 Å². The van der Waals surface area contributed by atoms with Gasteiger partial charge in [-0.1, -0.05) is 48.5 Å². The number of rotatable bonds is 10. The largest absolute Gasteiger partial charge is 0.494 e. The lowest BCUT2D eigenvalue weighted by molar-refractivity contribution is -0.121. The van der Waals surface area contributed by atoms with Gasteiger partial charge in [-0.15, -0.1) is 0 Å². The molecule has 2 amide bonds. The lowest BCUT2D eigenvalue weighted by atomic mass is 10.0. The number of fused-ring (bicyclic) bond motifs is 1. The van der Waals surface area contributed by atoms with E-state index < -0.39 is 0 Å². The molecule has 6 heteroatoms. The van der Waals surface area contributed by atoms with Gasteiger partial charge in [0.1, 0.15) is 18.1 Å². The summed E-state index contributed by atoms with van der Waals surface area (Å²) in [6.45, 7) is 1.36. The topological polar surface area (TPSA) is 76.7 Å². The first-order chi connectivity index (χ1) is 16.2. The molecular formula is C27H28N2O4. The van der Waals surface area contributed by atoms with Crippen molar-refractivity contribution in [1.29, 1.82) is 0 Å². The number of anilines is 1. The monoisotopic (exact) mass is 444 g/mol. The van der Waals surface area contributed by atoms with Gasteiger partial charge in [0, 0.05) is 30.6 Å². The second kappa shape index (κ2) is 11.2. The highest BCUT2D eigenvalue weighted by molar-refractivity contribution is 5.94. The van der Waals surface area contributed by atoms with Crippen molar-refractivity contribution in [3.63, 3.8) is 0 Å². The second-order valence-electron chi connectivity index (χ2n) is 7.98. The number of benzene rings is 3. The van der Waals surface area contributed by atoms with Gasteiger partial charge in [0.2, 0.25) is 11.8 Å². The third-order valence-electron chi connectivity index (χ3n) is 5.47. The number of hydrogen-bond acceptors (Lipinski definition) is 4. The molecule has 0 radical (unpaired) electrons. The highest BCUT2D eigenvalue weighted by Gasteiger charge is 2.15. The van der Waals surface area contributed by atoms with Gasteiger partial charge in [-0.3, -0.25) is 9.59 Å². The Morgan fingerprint density at radius 2 is 1.76 bits per heavy atom. The predicted molar refractivity (Wildman–Crippen MR) is 127 cm³/mol. The molecule has 6 nitrogen and oxygen atoms in total. The van der Waals surface area contributed by atoms with Crippen LogP contribution in [-0.2, 0) is 29.2 Å². The quantitative estimate of drug-likeness (QED) is 0.447. The summed E-state index contributed by atoms with van der Waals surface area (Å²) < 4.78 is 11.7. The Bertz CT molecular complexity index is 1100. The molecule has 0 saturated carbocycles. The van der Waals surface area contributed by atoms with Crippen LogP contribution in [0.25, 0.3) is 0 Å². The second-order valence-corrected chi connectivity index (χ2v) is 7.98. The highest BCUT2D eigenvalue weighted by Crippen LogP contribution is 2.27. The van der Waals surface area contributed by atoms with E-state index in [9.17, 15) is 9.59 Å². The summed E-state index contributed by atoms with van der Waals surface area (Å²) in [5.74, 6) is 1.56. The van der Waals surface area contributed by atoms with E-state index in [1.165, 1.54) is 0 Å². The average Bonchev–Trinajstić information content (AvgIpc) is 2.85. The van der Waals surface area contributed by atoms with Crippen LogP contribution in [0.15, 0.2) is 72.8 Å². The summed E-state index contributed by atoms with van der Waals surface area (Å²) in [5, 5.41) is 5.83. The minimum absolute atomic E-state index is 0.0235. The van der Waals surface area contributed by atoms with Crippen molar-refractivity contribution in [2.24, 2.45) is 0 Å². The number of carbonyl (C=O) groups is 2. The minimum atomic E-state index is -0.0235. The smallest absolute Gasteiger partial charge is 0.224 e. The maximum Gasteiger partial charge on any atom is 0.224 e. The zero-order chi connectivity index (χ0) is 22.9. The first-order valence-corrected chi connectivity index (χ1v) is 11.2. The number of hydrogen-bond donors (Lipinski definition) is 2. The number of para-hydroxylation sites is 1. The number of amides is 2. The third kappa shape index (κ3) is 6.59. The Morgan fingerprint density at radius 1 is 0.939 bits per heavy atom. The fraction of sp³-hybridized carbons (Fsp3) is 0.259. The number of ether oxygens (including phenoxy) is 2. The summed E-state index contributed by atoms with van der Waals surface area (Å²) in [4.78, 5) is 23.7. The lowest BCUT2D eigenvalue weighted by Crippen LogP contribution is -2.23. The van der Waals surface area contributed by atoms with E-state index in [1.54, 1.807) is 0 Å². The summed E-state index contributed by atoms with van der Waals surface area (Å²) in [7, 11) is 0. The van der Waals surface area contributed by atoms with E-state index in [0.29, 0.717) is 39.0 Å². The van der Waals surface area contributed by atoms with Crippen molar-refractivity contribution in [2.45, 2.75) is 38.8 Å². The van der Waals surface area contributed by atoms with E-state index in [1.807, 2.05) is 72.8 Å². The highest BCUT2D eigenvalue weighted by atomic mass is 16.5. The molecule has 0 aliphatic carbocycles. The van der Waals surface area contributed by atoms with E-state index in [2.05, 4.69) is 10.6 Å². The molecule has 1 aliphatic heterocycles. The van der Waals surface area contributed by atoms with Gasteiger partial charge in [0.05, 0.1) is 6.61 Å². The van der Waals surface area contributed by atoms with Crippen LogP contribution in [-0.4, -0.2) is 18.4 Å². The molecule has 0 bridgehead atoms. The molecule has 2 N–H and O–H groups in total. The molecule has 170 valence electrons. The first kappa shape index (κ1) is 22.4. The molecule has 0 saturated heterocycles. The van der Waals surface area contributed by atoms with Crippen molar-refractivity contribution in [3.8, 4) is 11.5 Å². The van der Waals surface area contributed by atoms with Crippen molar-refractivity contribution < 1.29 is 19.1 Å². The van der Waals surface area contributed by atoms with Crippen LogP contribution in [0.2, 0.25) is 0 Å². The Kier molecular flexibility index (Phi) is 7.59. The van der Waals surface area contributed by atoms with Crippen molar-refractivity contribution >= 4 is 17.5 Å². The van der Waals surface area contributed by atoms with Crippen LogP contribution in [0.3, 0.4) is 0 Å². The maximum absolute atomic E-state index is 12.3. The van der Waals surface area contributed by atoms with Crippen molar-refractivity contribution in [2.75, 3.05) is 11.9 Å². The fourth-order valence-corrected chi connectivity index (χ4v) is 3.68. The van der Waals surface area contributed by atoms with E-state index in [0.717, 1.165) is 40.3 Å². The van der Waals surface area contributed by atoms with Gasteiger partial charge in [0.15, 0.2) is 0 Å². The van der Waals surface area contributed by atoms with Gasteiger partial charge >= 0.3 is 0 Å². The van der Waals surface area contributed by atoms with E-state index in [-0.39, 0.29) is 11.8 Å². The Morgan fingerprint density at radius 3 is 2.64 bits per heavy atom. The first-order valence-electron chi connectivity index (χ1n) is 11.2. The molecule has 1 aliphatic rings. The van der Waals surface area contributed by atoms with Gasteiger partial charge in [0.25, 0.3) is 0 Å². The molecule has 3 aromatic rings. The van der Waals surface area contributed by atoms with Crippen LogP contribution < -0.4 is 20.1 Å². The maximum atomic E-state index is 12.3. The van der Waals surface area contributed by atoms with Crippen LogP contribution in [0, 0.1) is 0 Å². The SMILES string of the molecule is O=C(CCCOc1ccc2c(c1)CCC(=O)N2)NCc1ccccc1OCc1ccccc1. The number of nitrogens with one attached hydrogen (secondary N) is 2. The van der Waals surface area contributed by atoms with Gasteiger partial charge in [-0.25, -0.2) is 0 Å². The molecule has 0 aromatic heterocycles. The molecule has 1 heterocycles. The summed E-state index contributed by atoms with van der Waals surface area (Å²) in [6, 6.07) is 23.4. The lowest BCUT2D eigenvalue weighted by Gasteiger charge is -2.17. The number of carbonyl (C=O) groups excluding carboxylic acids is 2. The minimum Gasteiger partial charge on any atom is -0.494 e. The Hall–Kier alpha value is -3.80. The van der Waals surface area contributed by atoms with Crippen LogP contribution in [0.4, 0.5) is 5.69 Å². The summed E-state index contributed by atoms with van der Waals surface area (Å²) in [5.41, 5.74) is 3.98. The molecule has 33 heavy (non-hydrogen) atoms. The Balaban J connectivity index is 1.18. The van der Waals surface area contributed by atoms with Crippen LogP contribution in [0.5, 0.6) is 11.5 Å². The standard InChI is InChI=1S/C27H28N2O4/c30-26(11-6-16-32-23-13-14-24-21(17-23)12-15-27(31)29-24)28-18-22-9-4-5-10-25(22)33-19-20-7-2-1-3-8-20/h1-5,7-10,13-14,17H,6,11-12,15-16,18-19H2,(H,28,30)(H,29,31). The summed E-state index contributed by atoms with van der Waals surface area (Å²) in [6.07, 6.45) is 2.22. The van der Waals surface area contributed by atoms with Crippen molar-refractivity contribution in [1.82, 2.24) is 5.32 Å². The van der Waals surface area contributed by atoms with E-state index in [4.69, 9.17) is 9.47 Å². The molecule has 3 aromatic carbocycles. The number of aryl methyl sites for hydroxylation is 1. The zero-order valence-electron chi connectivity index (χ0n) is 18.5. The van der Waals surface area contributed by atoms with E-state index >= 15 is 0 Å². The normalized spacial score (nSPS) is 12.4.